The maximum absolute atomic E-state index is 13.3. The number of hydrogen-bond acceptors (Lipinski definition) is 3. The van der Waals surface area contributed by atoms with Crippen molar-refractivity contribution in [1.82, 2.24) is 4.31 Å². The Labute approximate surface area is 141 Å². The number of aryl methyl sites for hydroxylation is 1. The maximum atomic E-state index is 13.3. The van der Waals surface area contributed by atoms with Crippen molar-refractivity contribution in [1.29, 1.82) is 0 Å². The zero-order chi connectivity index (χ0) is 17.7. The van der Waals surface area contributed by atoms with Gasteiger partial charge in [0.1, 0.15) is 5.82 Å². The van der Waals surface area contributed by atoms with Crippen LogP contribution in [-0.2, 0) is 14.8 Å². The van der Waals surface area contributed by atoms with Gasteiger partial charge in [0, 0.05) is 12.2 Å². The molecule has 0 aliphatic carbocycles. The molecule has 5 nitrogen and oxygen atoms in total. The molecule has 1 amide bonds. The highest BCUT2D eigenvalue weighted by molar-refractivity contribution is 7.89. The monoisotopic (exact) mass is 350 g/mol. The van der Waals surface area contributed by atoms with E-state index in [1.165, 1.54) is 24.3 Å². The Balaban J connectivity index is 2.15. The highest BCUT2D eigenvalue weighted by atomic mass is 32.2. The number of nitrogens with one attached hydrogen (secondary N) is 1. The van der Waals surface area contributed by atoms with Gasteiger partial charge in [-0.2, -0.15) is 4.31 Å². The first-order valence-corrected chi connectivity index (χ1v) is 8.90. The van der Waals surface area contributed by atoms with E-state index in [1.807, 2.05) is 0 Å². The first kappa shape index (κ1) is 18.1. The van der Waals surface area contributed by atoms with E-state index in [0.717, 1.165) is 4.31 Å². The summed E-state index contributed by atoms with van der Waals surface area (Å²) in [4.78, 5) is 12.3. The van der Waals surface area contributed by atoms with Crippen molar-refractivity contribution >= 4 is 21.6 Å². The molecule has 24 heavy (non-hydrogen) atoms. The molecule has 0 bridgehead atoms. The Morgan fingerprint density at radius 2 is 1.83 bits per heavy atom. The second-order valence-corrected chi connectivity index (χ2v) is 7.19. The van der Waals surface area contributed by atoms with Crippen molar-refractivity contribution in [3.05, 3.63) is 59.9 Å². The standard InChI is InChI=1S/C17H19FN2O3S/c1-3-20(24(22,23)15-7-5-4-6-8-15)12-17(21)19-16-11-14(18)10-9-13(16)2/h4-11H,3,12H2,1-2H3,(H,19,21). The van der Waals surface area contributed by atoms with Gasteiger partial charge in [-0.25, -0.2) is 12.8 Å². The molecular formula is C17H19FN2O3S. The van der Waals surface area contributed by atoms with Gasteiger partial charge in [0.05, 0.1) is 11.4 Å². The first-order valence-electron chi connectivity index (χ1n) is 7.45. The number of rotatable bonds is 6. The molecule has 0 radical (unpaired) electrons. The summed E-state index contributed by atoms with van der Waals surface area (Å²) in [6.07, 6.45) is 0. The number of nitrogens with zero attached hydrogens (tertiary/aromatic N) is 1. The molecule has 128 valence electrons. The highest BCUT2D eigenvalue weighted by Crippen LogP contribution is 2.17. The fourth-order valence-corrected chi connectivity index (χ4v) is 3.61. The van der Waals surface area contributed by atoms with E-state index in [2.05, 4.69) is 5.32 Å². The molecule has 0 saturated carbocycles. The Bertz CT molecular complexity index is 823. The molecule has 1 N–H and O–H groups in total. The molecule has 2 rings (SSSR count). The third-order valence-electron chi connectivity index (χ3n) is 3.53. The second kappa shape index (κ2) is 7.55. The van der Waals surface area contributed by atoms with Gasteiger partial charge in [-0.1, -0.05) is 31.2 Å². The third kappa shape index (κ3) is 4.18. The van der Waals surface area contributed by atoms with Crippen LogP contribution in [0.15, 0.2) is 53.4 Å². The largest absolute Gasteiger partial charge is 0.325 e. The second-order valence-electron chi connectivity index (χ2n) is 5.25. The van der Waals surface area contributed by atoms with Crippen LogP contribution in [0.1, 0.15) is 12.5 Å². The van der Waals surface area contributed by atoms with Crippen LogP contribution in [0.5, 0.6) is 0 Å². The molecule has 0 aromatic heterocycles. The third-order valence-corrected chi connectivity index (χ3v) is 5.46. The smallest absolute Gasteiger partial charge is 0.243 e. The molecule has 0 unspecified atom stereocenters. The Kier molecular flexibility index (Phi) is 5.69. The minimum Gasteiger partial charge on any atom is -0.325 e. The fraction of sp³-hybridized carbons (Fsp3) is 0.235. The molecule has 2 aromatic carbocycles. The molecule has 0 saturated heterocycles. The lowest BCUT2D eigenvalue weighted by molar-refractivity contribution is -0.116. The van der Waals surface area contributed by atoms with Gasteiger partial charge in [-0.05, 0) is 36.8 Å². The van der Waals surface area contributed by atoms with E-state index in [-0.39, 0.29) is 18.0 Å². The van der Waals surface area contributed by atoms with Gasteiger partial charge < -0.3 is 5.32 Å². The van der Waals surface area contributed by atoms with E-state index < -0.39 is 21.7 Å². The average Bonchev–Trinajstić information content (AvgIpc) is 2.56. The minimum absolute atomic E-state index is 0.126. The summed E-state index contributed by atoms with van der Waals surface area (Å²) in [5.74, 6) is -0.995. The van der Waals surface area contributed by atoms with Gasteiger partial charge in [-0.15, -0.1) is 0 Å². The maximum Gasteiger partial charge on any atom is 0.243 e. The number of halogens is 1. The summed E-state index contributed by atoms with van der Waals surface area (Å²) in [6.45, 7) is 3.19. The Morgan fingerprint density at radius 3 is 2.46 bits per heavy atom. The minimum atomic E-state index is -3.76. The van der Waals surface area contributed by atoms with Crippen LogP contribution in [0.2, 0.25) is 0 Å². The number of anilines is 1. The van der Waals surface area contributed by atoms with Gasteiger partial charge >= 0.3 is 0 Å². The molecule has 0 aliphatic heterocycles. The van der Waals surface area contributed by atoms with E-state index >= 15 is 0 Å². The van der Waals surface area contributed by atoms with Gasteiger partial charge in [0.15, 0.2) is 0 Å². The number of likely N-dealkylation sites (N-methyl/N-ethyl adjacent to an activating group) is 1. The number of benzene rings is 2. The van der Waals surface area contributed by atoms with Crippen molar-refractivity contribution in [2.45, 2.75) is 18.7 Å². The molecule has 0 aliphatic rings. The lowest BCUT2D eigenvalue weighted by Gasteiger charge is -2.20. The van der Waals surface area contributed by atoms with Crippen LogP contribution in [-0.4, -0.2) is 31.7 Å². The molecular weight excluding hydrogens is 331 g/mol. The summed E-state index contributed by atoms with van der Waals surface area (Å²) in [5, 5.41) is 2.55. The van der Waals surface area contributed by atoms with Gasteiger partial charge in [0.25, 0.3) is 0 Å². The highest BCUT2D eigenvalue weighted by Gasteiger charge is 2.25. The predicted molar refractivity (Wildman–Crippen MR) is 90.6 cm³/mol. The lowest BCUT2D eigenvalue weighted by atomic mass is 10.2. The van der Waals surface area contributed by atoms with E-state index in [4.69, 9.17) is 0 Å². The molecule has 0 heterocycles. The topological polar surface area (TPSA) is 66.5 Å². The number of carbonyl (C=O) groups excluding carboxylic acids is 1. The number of carbonyl (C=O) groups is 1. The Morgan fingerprint density at radius 1 is 1.17 bits per heavy atom. The van der Waals surface area contributed by atoms with Crippen LogP contribution < -0.4 is 5.32 Å². The van der Waals surface area contributed by atoms with Crippen molar-refractivity contribution in [3.8, 4) is 0 Å². The summed E-state index contributed by atoms with van der Waals surface area (Å²) >= 11 is 0. The number of hydrogen-bond donors (Lipinski definition) is 1. The fourth-order valence-electron chi connectivity index (χ4n) is 2.19. The van der Waals surface area contributed by atoms with E-state index in [1.54, 1.807) is 38.1 Å². The zero-order valence-electron chi connectivity index (χ0n) is 13.5. The van der Waals surface area contributed by atoms with Crippen LogP contribution in [0.4, 0.5) is 10.1 Å². The summed E-state index contributed by atoms with van der Waals surface area (Å²) in [7, 11) is -3.76. The quantitative estimate of drug-likeness (QED) is 0.871. The van der Waals surface area contributed by atoms with E-state index in [0.29, 0.717) is 11.3 Å². The van der Waals surface area contributed by atoms with Gasteiger partial charge in [-0.3, -0.25) is 4.79 Å². The first-order chi connectivity index (χ1) is 11.3. The molecule has 7 heteroatoms. The van der Waals surface area contributed by atoms with Crippen molar-refractivity contribution in [2.24, 2.45) is 0 Å². The van der Waals surface area contributed by atoms with Crippen molar-refractivity contribution in [3.63, 3.8) is 0 Å². The van der Waals surface area contributed by atoms with Gasteiger partial charge in [0.2, 0.25) is 15.9 Å². The molecule has 0 atom stereocenters. The summed E-state index contributed by atoms with van der Waals surface area (Å²) in [5.41, 5.74) is 1.02. The van der Waals surface area contributed by atoms with Crippen LogP contribution in [0.3, 0.4) is 0 Å². The van der Waals surface area contributed by atoms with E-state index in [9.17, 15) is 17.6 Å². The van der Waals surface area contributed by atoms with Crippen molar-refractivity contribution in [2.75, 3.05) is 18.4 Å². The van der Waals surface area contributed by atoms with Crippen molar-refractivity contribution < 1.29 is 17.6 Å². The van der Waals surface area contributed by atoms with Crippen LogP contribution >= 0.6 is 0 Å². The summed E-state index contributed by atoms with van der Waals surface area (Å²) in [6, 6.07) is 12.0. The number of amides is 1. The predicted octanol–water partition coefficient (Wildman–Crippen LogP) is 2.78. The normalized spacial score (nSPS) is 11.5. The number of sulfonamides is 1. The lowest BCUT2D eigenvalue weighted by Crippen LogP contribution is -2.37. The Hall–Kier alpha value is -2.25. The SMILES string of the molecule is CCN(CC(=O)Nc1cc(F)ccc1C)S(=O)(=O)c1ccccc1. The summed E-state index contributed by atoms with van der Waals surface area (Å²) < 4.78 is 39.5. The molecule has 0 spiro atoms. The zero-order valence-corrected chi connectivity index (χ0v) is 14.3. The molecule has 0 fully saturated rings. The van der Waals surface area contributed by atoms with Crippen LogP contribution in [0, 0.1) is 12.7 Å². The molecule has 2 aromatic rings. The van der Waals surface area contributed by atoms with Crippen LogP contribution in [0.25, 0.3) is 0 Å². The average molecular weight is 350 g/mol.